The van der Waals surface area contributed by atoms with Crippen molar-refractivity contribution < 1.29 is 0 Å². The lowest BCUT2D eigenvalue weighted by Gasteiger charge is -2.11. The number of hydrogen-bond acceptors (Lipinski definition) is 0. The van der Waals surface area contributed by atoms with E-state index in [0.717, 1.165) is 11.8 Å². The lowest BCUT2D eigenvalue weighted by Crippen LogP contribution is -1.95. The van der Waals surface area contributed by atoms with E-state index < -0.39 is 0 Å². The van der Waals surface area contributed by atoms with Gasteiger partial charge in [-0.3, -0.25) is 0 Å². The summed E-state index contributed by atoms with van der Waals surface area (Å²) in [5, 5.41) is 0. The Hall–Kier alpha value is 0. The van der Waals surface area contributed by atoms with Crippen LogP contribution < -0.4 is 0 Å². The van der Waals surface area contributed by atoms with Crippen LogP contribution in [-0.2, 0) is 0 Å². The first-order valence-corrected chi connectivity index (χ1v) is 14.2. The van der Waals surface area contributed by atoms with E-state index in [1.54, 1.807) is 0 Å². The quantitative estimate of drug-likeness (QED) is 0.139. The van der Waals surface area contributed by atoms with Crippen molar-refractivity contribution in [3.05, 3.63) is 0 Å². The summed E-state index contributed by atoms with van der Waals surface area (Å²) in [6.07, 6.45) is 33.8. The molecular formula is C29H60. The molecule has 1 atom stereocenters. The van der Waals surface area contributed by atoms with Crippen molar-refractivity contribution in [1.82, 2.24) is 0 Å². The van der Waals surface area contributed by atoms with Gasteiger partial charge in [-0.1, -0.05) is 175 Å². The summed E-state index contributed by atoms with van der Waals surface area (Å²) in [5.74, 6) is 1.86. The molecule has 0 aliphatic rings. The summed E-state index contributed by atoms with van der Waals surface area (Å²) in [6.45, 7) is 9.49. The van der Waals surface area contributed by atoms with Gasteiger partial charge in [0.1, 0.15) is 0 Å². The van der Waals surface area contributed by atoms with Gasteiger partial charge in [0.05, 0.1) is 0 Å². The highest BCUT2D eigenvalue weighted by molar-refractivity contribution is 4.56. The zero-order valence-electron chi connectivity index (χ0n) is 21.4. The van der Waals surface area contributed by atoms with Crippen LogP contribution in [-0.4, -0.2) is 0 Å². The first kappa shape index (κ1) is 29.0. The highest BCUT2D eigenvalue weighted by atomic mass is 14.1. The maximum atomic E-state index is 2.49. The Balaban J connectivity index is 3.13. The third-order valence-corrected chi connectivity index (χ3v) is 6.78. The number of unbranched alkanes of at least 4 members (excludes halogenated alkanes) is 18. The molecule has 176 valence electrons. The van der Waals surface area contributed by atoms with Gasteiger partial charge in [-0.2, -0.15) is 0 Å². The van der Waals surface area contributed by atoms with Crippen LogP contribution in [0.15, 0.2) is 0 Å². The molecule has 0 radical (unpaired) electrons. The fourth-order valence-corrected chi connectivity index (χ4v) is 4.58. The molecular weight excluding hydrogens is 348 g/mol. The Morgan fingerprint density at radius 3 is 0.931 bits per heavy atom. The van der Waals surface area contributed by atoms with Crippen molar-refractivity contribution in [3.8, 4) is 0 Å². The first-order valence-electron chi connectivity index (χ1n) is 14.2. The van der Waals surface area contributed by atoms with Gasteiger partial charge in [0.25, 0.3) is 0 Å². The molecule has 0 N–H and O–H groups in total. The molecule has 0 nitrogen and oxygen atoms in total. The van der Waals surface area contributed by atoms with Crippen LogP contribution in [0.1, 0.15) is 175 Å². The van der Waals surface area contributed by atoms with Gasteiger partial charge in [-0.25, -0.2) is 0 Å². The van der Waals surface area contributed by atoms with E-state index >= 15 is 0 Å². The summed E-state index contributed by atoms with van der Waals surface area (Å²) < 4.78 is 0. The summed E-state index contributed by atoms with van der Waals surface area (Å²) in [5.41, 5.74) is 0. The Bertz CT molecular complexity index is 280. The van der Waals surface area contributed by atoms with Crippen molar-refractivity contribution in [2.45, 2.75) is 175 Å². The van der Waals surface area contributed by atoms with Crippen LogP contribution in [0.2, 0.25) is 0 Å². The highest BCUT2D eigenvalue weighted by Crippen LogP contribution is 2.19. The van der Waals surface area contributed by atoms with Crippen LogP contribution in [0.25, 0.3) is 0 Å². The second-order valence-corrected chi connectivity index (χ2v) is 10.6. The van der Waals surface area contributed by atoms with E-state index in [9.17, 15) is 0 Å². The zero-order valence-corrected chi connectivity index (χ0v) is 21.4. The molecule has 0 aromatic carbocycles. The molecule has 0 rings (SSSR count). The van der Waals surface area contributed by atoms with Crippen LogP contribution >= 0.6 is 0 Å². The van der Waals surface area contributed by atoms with E-state index in [1.165, 1.54) is 148 Å². The lowest BCUT2D eigenvalue weighted by molar-refractivity contribution is 0.430. The fourth-order valence-electron chi connectivity index (χ4n) is 4.58. The van der Waals surface area contributed by atoms with Gasteiger partial charge in [-0.05, 0) is 11.8 Å². The van der Waals surface area contributed by atoms with Gasteiger partial charge < -0.3 is 0 Å². The van der Waals surface area contributed by atoms with Gasteiger partial charge >= 0.3 is 0 Å². The largest absolute Gasteiger partial charge is 0.0654 e. The monoisotopic (exact) mass is 408 g/mol. The molecule has 29 heavy (non-hydrogen) atoms. The Kier molecular flexibility index (Phi) is 24.3. The Labute approximate surface area is 187 Å². The minimum atomic E-state index is 0.896. The minimum Gasteiger partial charge on any atom is -0.0654 e. The van der Waals surface area contributed by atoms with Crippen molar-refractivity contribution in [3.63, 3.8) is 0 Å². The maximum absolute atomic E-state index is 2.49. The van der Waals surface area contributed by atoms with Crippen molar-refractivity contribution in [2.75, 3.05) is 0 Å². The SMILES string of the molecule is CCCCCCCCCCC(C)CCCCCCCCCCCCCCC(C)C. The summed E-state index contributed by atoms with van der Waals surface area (Å²) in [4.78, 5) is 0. The topological polar surface area (TPSA) is 0 Å². The lowest BCUT2D eigenvalue weighted by atomic mass is 9.95. The molecule has 0 saturated heterocycles. The van der Waals surface area contributed by atoms with Crippen molar-refractivity contribution >= 4 is 0 Å². The number of rotatable bonds is 24. The average Bonchev–Trinajstić information content (AvgIpc) is 2.70. The van der Waals surface area contributed by atoms with Gasteiger partial charge in [0, 0.05) is 0 Å². The van der Waals surface area contributed by atoms with E-state index in [1.807, 2.05) is 0 Å². The van der Waals surface area contributed by atoms with E-state index in [-0.39, 0.29) is 0 Å². The fraction of sp³-hybridized carbons (Fsp3) is 1.00. The second kappa shape index (κ2) is 24.3. The molecule has 0 amide bonds. The third kappa shape index (κ3) is 26.0. The summed E-state index contributed by atoms with van der Waals surface area (Å²) in [7, 11) is 0. The highest BCUT2D eigenvalue weighted by Gasteiger charge is 2.02. The summed E-state index contributed by atoms with van der Waals surface area (Å²) in [6, 6.07) is 0. The molecule has 0 saturated carbocycles. The molecule has 0 spiro atoms. The minimum absolute atomic E-state index is 0.896. The third-order valence-electron chi connectivity index (χ3n) is 6.78. The van der Waals surface area contributed by atoms with Gasteiger partial charge in [0.2, 0.25) is 0 Å². The predicted octanol–water partition coefficient (Wildman–Crippen LogP) is 11.3. The molecule has 0 aliphatic heterocycles. The predicted molar refractivity (Wildman–Crippen MR) is 136 cm³/mol. The normalized spacial score (nSPS) is 12.7. The van der Waals surface area contributed by atoms with Crippen molar-refractivity contribution in [1.29, 1.82) is 0 Å². The Morgan fingerprint density at radius 2 is 0.621 bits per heavy atom. The zero-order chi connectivity index (χ0) is 21.4. The number of hydrogen-bond donors (Lipinski definition) is 0. The van der Waals surface area contributed by atoms with E-state index in [0.29, 0.717) is 0 Å². The molecule has 0 aromatic rings. The van der Waals surface area contributed by atoms with Gasteiger partial charge in [0.15, 0.2) is 0 Å². The molecule has 0 aliphatic carbocycles. The first-order chi connectivity index (χ1) is 14.2. The molecule has 0 heterocycles. The molecule has 0 fully saturated rings. The van der Waals surface area contributed by atoms with Crippen LogP contribution in [0.5, 0.6) is 0 Å². The molecule has 1 unspecified atom stereocenters. The van der Waals surface area contributed by atoms with Crippen LogP contribution in [0.4, 0.5) is 0 Å². The average molecular weight is 409 g/mol. The molecule has 0 bridgehead atoms. The van der Waals surface area contributed by atoms with Crippen LogP contribution in [0.3, 0.4) is 0 Å². The molecule has 0 heteroatoms. The smallest absolute Gasteiger partial charge is 0.0443 e. The maximum Gasteiger partial charge on any atom is -0.0443 e. The second-order valence-electron chi connectivity index (χ2n) is 10.6. The van der Waals surface area contributed by atoms with E-state index in [4.69, 9.17) is 0 Å². The van der Waals surface area contributed by atoms with Gasteiger partial charge in [-0.15, -0.1) is 0 Å². The molecule has 0 aromatic heterocycles. The van der Waals surface area contributed by atoms with E-state index in [2.05, 4.69) is 27.7 Å². The van der Waals surface area contributed by atoms with Crippen molar-refractivity contribution in [2.24, 2.45) is 11.8 Å². The van der Waals surface area contributed by atoms with Crippen LogP contribution in [0, 0.1) is 11.8 Å². The Morgan fingerprint density at radius 1 is 0.345 bits per heavy atom. The standard InChI is InChI=1S/C29H60/c1-5-6-7-8-9-17-20-23-26-29(4)27-24-21-18-15-13-11-10-12-14-16-19-22-25-28(2)3/h28-29H,5-27H2,1-4H3. The summed E-state index contributed by atoms with van der Waals surface area (Å²) >= 11 is 0.